The zero-order valence-electron chi connectivity index (χ0n) is 13.3. The van der Waals surface area contributed by atoms with Gasteiger partial charge in [-0.2, -0.15) is 5.10 Å². The van der Waals surface area contributed by atoms with Gasteiger partial charge in [0.05, 0.1) is 29.2 Å². The van der Waals surface area contributed by atoms with Crippen molar-refractivity contribution in [2.75, 3.05) is 7.11 Å². The van der Waals surface area contributed by atoms with Gasteiger partial charge in [-0.05, 0) is 18.2 Å². The number of nitrogens with zero attached hydrogens (tertiary/aromatic N) is 3. The number of hydrogen-bond acceptors (Lipinski definition) is 8. The molecule has 134 valence electrons. The van der Waals surface area contributed by atoms with Crippen molar-refractivity contribution in [1.29, 1.82) is 0 Å². The molecule has 0 atom stereocenters. The van der Waals surface area contributed by atoms with E-state index in [1.807, 2.05) is 0 Å². The molecule has 26 heavy (non-hydrogen) atoms. The topological polar surface area (TPSA) is 157 Å². The average Bonchev–Trinajstić information content (AvgIpc) is 2.62. The molecule has 0 fully saturated rings. The Labute approximate surface area is 145 Å². The van der Waals surface area contributed by atoms with Gasteiger partial charge in [-0.3, -0.25) is 25.0 Å². The molecule has 0 aliphatic heterocycles. The Morgan fingerprint density at radius 1 is 1.19 bits per heavy atom. The van der Waals surface area contributed by atoms with E-state index < -0.39 is 27.2 Å². The molecule has 0 radical (unpaired) electrons. The quantitative estimate of drug-likeness (QED) is 0.453. The Bertz CT molecular complexity index is 894. The lowest BCUT2D eigenvalue weighted by molar-refractivity contribution is -0.386. The number of hydrogen-bond donors (Lipinski definition) is 2. The molecule has 0 aromatic heterocycles. The van der Waals surface area contributed by atoms with E-state index in [2.05, 4.69) is 10.5 Å². The zero-order chi connectivity index (χ0) is 19.3. The van der Waals surface area contributed by atoms with Crippen LogP contribution in [0.5, 0.6) is 11.5 Å². The molecule has 2 rings (SSSR count). The van der Waals surface area contributed by atoms with Gasteiger partial charge in [0.1, 0.15) is 5.75 Å². The standard InChI is InChI=1S/C15H12N4O7/c1-26-12-6-10(14(20)13(7-12)19(24)25)8-16-17-15(21)9-2-4-11(5-3-9)18(22)23/h2-8,20H,1H3,(H,17,21)/b16-8+. The van der Waals surface area contributed by atoms with Crippen molar-refractivity contribution in [2.24, 2.45) is 5.10 Å². The first-order valence-electron chi connectivity index (χ1n) is 6.96. The van der Waals surface area contributed by atoms with Crippen molar-refractivity contribution in [3.8, 4) is 11.5 Å². The summed E-state index contributed by atoms with van der Waals surface area (Å²) in [5, 5.41) is 35.0. The number of rotatable bonds is 6. The molecule has 0 saturated carbocycles. The summed E-state index contributed by atoms with van der Waals surface area (Å²) in [6.45, 7) is 0. The van der Waals surface area contributed by atoms with Crippen LogP contribution in [0.25, 0.3) is 0 Å². The normalized spacial score (nSPS) is 10.5. The highest BCUT2D eigenvalue weighted by Gasteiger charge is 2.18. The number of nitrogens with one attached hydrogen (secondary N) is 1. The minimum Gasteiger partial charge on any atom is -0.502 e. The summed E-state index contributed by atoms with van der Waals surface area (Å²) < 4.78 is 4.91. The molecule has 0 aliphatic rings. The summed E-state index contributed by atoms with van der Waals surface area (Å²) in [6.07, 6.45) is 1.01. The lowest BCUT2D eigenvalue weighted by Gasteiger charge is -2.05. The van der Waals surface area contributed by atoms with Crippen LogP contribution in [0.15, 0.2) is 41.5 Å². The Morgan fingerprint density at radius 3 is 2.38 bits per heavy atom. The van der Waals surface area contributed by atoms with Crippen LogP contribution in [0.1, 0.15) is 15.9 Å². The van der Waals surface area contributed by atoms with Crippen LogP contribution in [0.3, 0.4) is 0 Å². The summed E-state index contributed by atoms with van der Waals surface area (Å²) >= 11 is 0. The van der Waals surface area contributed by atoms with Crippen molar-refractivity contribution in [1.82, 2.24) is 5.43 Å². The first-order chi connectivity index (χ1) is 12.3. The largest absolute Gasteiger partial charge is 0.502 e. The zero-order valence-corrected chi connectivity index (χ0v) is 13.3. The van der Waals surface area contributed by atoms with Crippen LogP contribution in [0.2, 0.25) is 0 Å². The fraction of sp³-hybridized carbons (Fsp3) is 0.0667. The van der Waals surface area contributed by atoms with Crippen molar-refractivity contribution in [3.05, 3.63) is 67.8 Å². The minimum atomic E-state index is -0.787. The summed E-state index contributed by atoms with van der Waals surface area (Å²) in [5.74, 6) is -1.17. The number of phenols is 1. The van der Waals surface area contributed by atoms with Gasteiger partial charge in [-0.1, -0.05) is 0 Å². The Morgan fingerprint density at radius 2 is 1.85 bits per heavy atom. The van der Waals surface area contributed by atoms with Crippen LogP contribution in [0.4, 0.5) is 11.4 Å². The molecular weight excluding hydrogens is 348 g/mol. The van der Waals surface area contributed by atoms with E-state index >= 15 is 0 Å². The number of nitro benzene ring substituents is 2. The smallest absolute Gasteiger partial charge is 0.315 e. The number of nitro groups is 2. The van der Waals surface area contributed by atoms with Gasteiger partial charge < -0.3 is 9.84 Å². The number of benzene rings is 2. The van der Waals surface area contributed by atoms with Crippen molar-refractivity contribution < 1.29 is 24.5 Å². The SMILES string of the molecule is COc1cc(/C=N/NC(=O)c2ccc([N+](=O)[O-])cc2)c(O)c([N+](=O)[O-])c1. The van der Waals surface area contributed by atoms with Gasteiger partial charge in [-0.15, -0.1) is 0 Å². The molecule has 0 heterocycles. The summed E-state index contributed by atoms with van der Waals surface area (Å²) in [5.41, 5.74) is 1.48. The molecule has 0 saturated heterocycles. The number of methoxy groups -OCH3 is 1. The summed E-state index contributed by atoms with van der Waals surface area (Å²) in [7, 11) is 1.30. The summed E-state index contributed by atoms with van der Waals surface area (Å²) in [4.78, 5) is 32.0. The number of hydrazone groups is 1. The van der Waals surface area contributed by atoms with E-state index in [0.717, 1.165) is 24.4 Å². The Hall–Kier alpha value is -4.02. The second-order valence-corrected chi connectivity index (χ2v) is 4.84. The van der Waals surface area contributed by atoms with Crippen molar-refractivity contribution >= 4 is 23.5 Å². The molecule has 0 spiro atoms. The second-order valence-electron chi connectivity index (χ2n) is 4.84. The predicted molar refractivity (Wildman–Crippen MR) is 89.5 cm³/mol. The highest BCUT2D eigenvalue weighted by molar-refractivity contribution is 5.95. The van der Waals surface area contributed by atoms with Gasteiger partial charge in [0, 0.05) is 23.3 Å². The van der Waals surface area contributed by atoms with E-state index in [-0.39, 0.29) is 22.6 Å². The first-order valence-corrected chi connectivity index (χ1v) is 6.96. The van der Waals surface area contributed by atoms with Crippen LogP contribution in [0, 0.1) is 20.2 Å². The minimum absolute atomic E-state index is 0.0416. The molecule has 0 unspecified atom stereocenters. The molecule has 2 N–H and O–H groups in total. The number of amides is 1. The molecule has 11 nitrogen and oxygen atoms in total. The monoisotopic (exact) mass is 360 g/mol. The van der Waals surface area contributed by atoms with E-state index in [1.54, 1.807) is 0 Å². The molecule has 0 aliphatic carbocycles. The third kappa shape index (κ3) is 4.08. The summed E-state index contributed by atoms with van der Waals surface area (Å²) in [6, 6.07) is 7.16. The van der Waals surface area contributed by atoms with Gasteiger partial charge in [-0.25, -0.2) is 5.43 Å². The van der Waals surface area contributed by atoms with Crippen LogP contribution in [-0.2, 0) is 0 Å². The maximum atomic E-state index is 11.9. The van der Waals surface area contributed by atoms with Gasteiger partial charge >= 0.3 is 5.69 Å². The predicted octanol–water partition coefficient (Wildman–Crippen LogP) is 1.98. The van der Waals surface area contributed by atoms with E-state index in [4.69, 9.17) is 4.74 Å². The highest BCUT2D eigenvalue weighted by Crippen LogP contribution is 2.33. The lowest BCUT2D eigenvalue weighted by atomic mass is 10.1. The maximum absolute atomic E-state index is 11.9. The number of phenolic OH excluding ortho intramolecular Hbond substituents is 1. The number of carbonyl (C=O) groups excluding carboxylic acids is 1. The first kappa shape index (κ1) is 18.3. The second kappa shape index (κ2) is 7.70. The number of ether oxygens (including phenoxy) is 1. The number of non-ortho nitro benzene ring substituents is 1. The maximum Gasteiger partial charge on any atom is 0.315 e. The number of carbonyl (C=O) groups is 1. The van der Waals surface area contributed by atoms with Crippen molar-refractivity contribution in [3.63, 3.8) is 0 Å². The highest BCUT2D eigenvalue weighted by atomic mass is 16.6. The van der Waals surface area contributed by atoms with Crippen LogP contribution < -0.4 is 10.2 Å². The van der Waals surface area contributed by atoms with E-state index in [0.29, 0.717) is 0 Å². The van der Waals surface area contributed by atoms with Gasteiger partial charge in [0.25, 0.3) is 11.6 Å². The average molecular weight is 360 g/mol. The third-order valence-corrected chi connectivity index (χ3v) is 3.24. The van der Waals surface area contributed by atoms with Crippen molar-refractivity contribution in [2.45, 2.75) is 0 Å². The van der Waals surface area contributed by atoms with Gasteiger partial charge in [0.15, 0.2) is 0 Å². The number of aromatic hydroxyl groups is 1. The molecule has 2 aromatic carbocycles. The molecule has 0 bridgehead atoms. The molecule has 2 aromatic rings. The van der Waals surface area contributed by atoms with Gasteiger partial charge in [0.2, 0.25) is 5.75 Å². The van der Waals surface area contributed by atoms with Crippen LogP contribution >= 0.6 is 0 Å². The third-order valence-electron chi connectivity index (χ3n) is 3.24. The van der Waals surface area contributed by atoms with E-state index in [9.17, 15) is 30.1 Å². The van der Waals surface area contributed by atoms with Crippen LogP contribution in [-0.4, -0.2) is 34.2 Å². The molecule has 1 amide bonds. The molecule has 11 heteroatoms. The lowest BCUT2D eigenvalue weighted by Crippen LogP contribution is -2.17. The fourth-order valence-corrected chi connectivity index (χ4v) is 1.93. The Kier molecular flexibility index (Phi) is 5.43. The van der Waals surface area contributed by atoms with E-state index in [1.165, 1.54) is 25.3 Å². The molecular formula is C15H12N4O7. The Balaban J connectivity index is 2.17. The fourth-order valence-electron chi connectivity index (χ4n) is 1.93.